The van der Waals surface area contributed by atoms with E-state index in [1.807, 2.05) is 164 Å². The Bertz CT molecular complexity index is 2940. The minimum absolute atomic E-state index is 0.349. The zero-order valence-corrected chi connectivity index (χ0v) is 34.9. The van der Waals surface area contributed by atoms with Crippen molar-refractivity contribution in [1.82, 2.24) is 20.2 Å². The van der Waals surface area contributed by atoms with Crippen molar-refractivity contribution in [2.24, 2.45) is 0 Å². The van der Waals surface area contributed by atoms with Gasteiger partial charge in [0, 0.05) is 31.2 Å². The summed E-state index contributed by atoms with van der Waals surface area (Å²) in [6.07, 6.45) is 0. The summed E-state index contributed by atoms with van der Waals surface area (Å²) in [6.45, 7) is 0. The van der Waals surface area contributed by atoms with Gasteiger partial charge in [-0.3, -0.25) is 5.10 Å². The molecule has 0 spiro atoms. The fourth-order valence-electron chi connectivity index (χ4n) is 6.31. The number of nitrogens with one attached hydrogen (secondary N) is 1. The van der Waals surface area contributed by atoms with Crippen molar-refractivity contribution in [3.63, 3.8) is 0 Å². The standard InChI is InChI=1S/C24H14BrClN2O.C24H17BrN4O/c25-18-6-4-5-17(13-18)23-14-22(26)21(15-27)24(28-23)16-9-11-20(12-10-16)29-19-7-2-1-3-8-19;25-17-6-4-5-16(13-17)20-14-21-22(24(26)29-28-21)23(27-20)15-9-11-19(12-10-15)30-18-7-2-1-3-8-18/h1-14H;1-14H,(H3,26,28,29). The number of nitrogen functional groups attached to an aromatic ring is 1. The number of H-pyrrole nitrogens is 1. The molecule has 6 aromatic carbocycles. The fourth-order valence-corrected chi connectivity index (χ4v) is 7.34. The van der Waals surface area contributed by atoms with Crippen LogP contribution in [0.25, 0.3) is 55.9 Å². The van der Waals surface area contributed by atoms with Gasteiger partial charge < -0.3 is 15.2 Å². The summed E-state index contributed by atoms with van der Waals surface area (Å²) >= 11 is 13.4. The topological polar surface area (TPSA) is 123 Å². The SMILES string of the molecule is N#Cc1c(Cl)cc(-c2cccc(Br)c2)nc1-c1ccc(Oc2ccccc2)cc1.Nc1n[nH]c2cc(-c3cccc(Br)c3)nc(-c3ccc(Oc4ccccc4)cc3)c12. The third-order valence-corrected chi connectivity index (χ3v) is 10.4. The lowest BCUT2D eigenvalue weighted by Gasteiger charge is -2.11. The van der Waals surface area contributed by atoms with Crippen LogP contribution in [0.5, 0.6) is 23.0 Å². The van der Waals surface area contributed by atoms with E-state index in [0.29, 0.717) is 33.5 Å². The molecule has 0 fully saturated rings. The van der Waals surface area contributed by atoms with Crippen molar-refractivity contribution in [3.05, 3.63) is 189 Å². The summed E-state index contributed by atoms with van der Waals surface area (Å²) < 4.78 is 13.7. The average molecular weight is 919 g/mol. The molecule has 11 heteroatoms. The first-order valence-corrected chi connectivity index (χ1v) is 20.2. The van der Waals surface area contributed by atoms with E-state index in [9.17, 15) is 5.26 Å². The molecule has 0 saturated carbocycles. The first-order chi connectivity index (χ1) is 28.8. The predicted molar refractivity (Wildman–Crippen MR) is 242 cm³/mol. The maximum Gasteiger partial charge on any atom is 0.155 e. The number of ether oxygens (including phenoxy) is 2. The normalized spacial score (nSPS) is 10.7. The van der Waals surface area contributed by atoms with Crippen LogP contribution in [0.3, 0.4) is 0 Å². The zero-order chi connectivity index (χ0) is 40.7. The number of nitrogens with zero attached hydrogens (tertiary/aromatic N) is 4. The van der Waals surface area contributed by atoms with Crippen molar-refractivity contribution >= 4 is 60.2 Å². The zero-order valence-electron chi connectivity index (χ0n) is 31.0. The van der Waals surface area contributed by atoms with Crippen LogP contribution in [0.1, 0.15) is 5.56 Å². The molecule has 0 atom stereocenters. The van der Waals surface area contributed by atoms with Gasteiger partial charge in [-0.2, -0.15) is 10.4 Å². The third kappa shape index (κ3) is 9.19. The second-order valence-corrected chi connectivity index (χ2v) is 15.4. The summed E-state index contributed by atoms with van der Waals surface area (Å²) in [4.78, 5) is 9.66. The van der Waals surface area contributed by atoms with Gasteiger partial charge in [-0.1, -0.05) is 104 Å². The van der Waals surface area contributed by atoms with E-state index in [2.05, 4.69) is 48.1 Å². The molecule has 0 aliphatic carbocycles. The molecule has 0 radical (unpaired) electrons. The van der Waals surface area contributed by atoms with Gasteiger partial charge >= 0.3 is 0 Å². The lowest BCUT2D eigenvalue weighted by molar-refractivity contribution is 0.482. The molecule has 0 saturated heterocycles. The number of nitriles is 1. The summed E-state index contributed by atoms with van der Waals surface area (Å²) in [5.74, 6) is 3.44. The number of para-hydroxylation sites is 2. The van der Waals surface area contributed by atoms with Crippen LogP contribution in [0.4, 0.5) is 5.82 Å². The van der Waals surface area contributed by atoms with Crippen LogP contribution in [-0.2, 0) is 0 Å². The Morgan fingerprint density at radius 1 is 0.542 bits per heavy atom. The second-order valence-electron chi connectivity index (χ2n) is 13.1. The highest BCUT2D eigenvalue weighted by molar-refractivity contribution is 9.10. The van der Waals surface area contributed by atoms with Gasteiger partial charge in [0.1, 0.15) is 29.1 Å². The van der Waals surface area contributed by atoms with Crippen LogP contribution in [-0.4, -0.2) is 20.2 Å². The van der Waals surface area contributed by atoms with Gasteiger partial charge in [0.25, 0.3) is 0 Å². The highest BCUT2D eigenvalue weighted by atomic mass is 79.9. The number of halogens is 3. The maximum atomic E-state index is 9.61. The van der Waals surface area contributed by atoms with Crippen molar-refractivity contribution in [1.29, 1.82) is 5.26 Å². The van der Waals surface area contributed by atoms with Crippen molar-refractivity contribution in [2.45, 2.75) is 0 Å². The van der Waals surface area contributed by atoms with Crippen molar-refractivity contribution in [3.8, 4) is 74.1 Å². The van der Waals surface area contributed by atoms with Crippen LogP contribution in [0.15, 0.2) is 179 Å². The number of rotatable bonds is 8. The minimum atomic E-state index is 0.349. The maximum absolute atomic E-state index is 9.61. The Kier molecular flexibility index (Phi) is 11.8. The molecule has 0 aliphatic rings. The van der Waals surface area contributed by atoms with Gasteiger partial charge in [0.05, 0.1) is 44.3 Å². The molecule has 0 unspecified atom stereocenters. The number of benzene rings is 6. The number of anilines is 1. The lowest BCUT2D eigenvalue weighted by atomic mass is 10.0. The molecule has 3 N–H and O–H groups in total. The van der Waals surface area contributed by atoms with Gasteiger partial charge in [0.2, 0.25) is 0 Å². The molecule has 3 aromatic heterocycles. The van der Waals surface area contributed by atoms with Crippen LogP contribution < -0.4 is 15.2 Å². The largest absolute Gasteiger partial charge is 0.457 e. The number of aromatic nitrogens is 4. The Morgan fingerprint density at radius 3 is 1.53 bits per heavy atom. The first kappa shape index (κ1) is 39.1. The molecule has 9 rings (SSSR count). The molecule has 3 heterocycles. The molecule has 9 aromatic rings. The number of nitrogens with two attached hydrogens (primary N) is 1. The van der Waals surface area contributed by atoms with E-state index >= 15 is 0 Å². The summed E-state index contributed by atoms with van der Waals surface area (Å²) in [5, 5.41) is 18.0. The smallest absolute Gasteiger partial charge is 0.155 e. The van der Waals surface area contributed by atoms with Crippen LogP contribution in [0.2, 0.25) is 5.02 Å². The highest BCUT2D eigenvalue weighted by Crippen LogP contribution is 2.36. The number of fused-ring (bicyclic) bond motifs is 1. The van der Waals surface area contributed by atoms with Crippen molar-refractivity contribution < 1.29 is 9.47 Å². The average Bonchev–Trinajstić information content (AvgIpc) is 3.64. The number of hydrogen-bond acceptors (Lipinski definition) is 7. The number of aromatic amines is 1. The van der Waals surface area contributed by atoms with Gasteiger partial charge in [0.15, 0.2) is 5.82 Å². The fraction of sp³-hybridized carbons (Fsp3) is 0. The Morgan fingerprint density at radius 2 is 1.02 bits per heavy atom. The first-order valence-electron chi connectivity index (χ1n) is 18.2. The van der Waals surface area contributed by atoms with Crippen LogP contribution in [0, 0.1) is 11.3 Å². The molecule has 0 aliphatic heterocycles. The summed E-state index contributed by atoms with van der Waals surface area (Å²) in [5.41, 5.74) is 13.8. The Hall–Kier alpha value is -6.77. The molecule has 286 valence electrons. The van der Waals surface area contributed by atoms with Gasteiger partial charge in [-0.25, -0.2) is 9.97 Å². The quantitative estimate of drug-likeness (QED) is 0.156. The predicted octanol–water partition coefficient (Wildman–Crippen LogP) is 13.9. The monoisotopic (exact) mass is 916 g/mol. The van der Waals surface area contributed by atoms with Gasteiger partial charge in [-0.15, -0.1) is 0 Å². The van der Waals surface area contributed by atoms with E-state index in [-0.39, 0.29) is 0 Å². The van der Waals surface area contributed by atoms with E-state index in [0.717, 1.165) is 70.7 Å². The highest BCUT2D eigenvalue weighted by Gasteiger charge is 2.17. The van der Waals surface area contributed by atoms with Gasteiger partial charge in [-0.05, 0) is 109 Å². The summed E-state index contributed by atoms with van der Waals surface area (Å²) in [7, 11) is 0. The third-order valence-electron chi connectivity index (χ3n) is 9.11. The molecular weight excluding hydrogens is 888 g/mol. The molecule has 59 heavy (non-hydrogen) atoms. The molecule has 0 bridgehead atoms. The molecular formula is C48H31Br2ClN6O2. The lowest BCUT2D eigenvalue weighted by Crippen LogP contribution is -1.94. The van der Waals surface area contributed by atoms with E-state index in [4.69, 9.17) is 36.8 Å². The Balaban J connectivity index is 0.000000164. The number of hydrogen-bond donors (Lipinski definition) is 2. The second kappa shape index (κ2) is 17.8. The number of pyridine rings is 2. The van der Waals surface area contributed by atoms with Crippen LogP contribution >= 0.6 is 43.5 Å². The molecule has 0 amide bonds. The minimum Gasteiger partial charge on any atom is -0.457 e. The molecule has 8 nitrogen and oxygen atoms in total. The van der Waals surface area contributed by atoms with E-state index in [1.54, 1.807) is 6.07 Å². The van der Waals surface area contributed by atoms with E-state index < -0.39 is 0 Å². The summed E-state index contributed by atoms with van der Waals surface area (Å²) in [6, 6.07) is 56.2. The van der Waals surface area contributed by atoms with Crippen molar-refractivity contribution in [2.75, 3.05) is 5.73 Å². The van der Waals surface area contributed by atoms with E-state index in [1.165, 1.54) is 0 Å². The Labute approximate surface area is 362 Å².